The number of carbonyl (C=O) groups is 3. The molecule has 2 amide bonds. The van der Waals surface area contributed by atoms with Crippen LogP contribution in [-0.2, 0) is 20.8 Å². The van der Waals surface area contributed by atoms with E-state index in [2.05, 4.69) is 15.6 Å². The normalized spacial score (nSPS) is 20.3. The maximum Gasteiger partial charge on any atom is 0.326 e. The standard InChI is InChI=1S/C21H32N4O4/c1-13-8-11-17(25-19(13)22)7-4-12-23-20(27)16-6-3-5-15(9-10-16)18(21(28)29)24-14(2)26/h8,11,15-16,18H,3-7,9-10,12H2,1-2H3,(H2,22,25)(H,23,27)(H,24,26)(H,28,29)/t15-,16+,18?/m1/s1. The number of nitrogens with two attached hydrogens (primary N) is 1. The molecule has 1 fully saturated rings. The van der Waals surface area contributed by atoms with Crippen LogP contribution in [-0.4, -0.2) is 40.5 Å². The first-order valence-electron chi connectivity index (χ1n) is 10.3. The zero-order chi connectivity index (χ0) is 21.4. The van der Waals surface area contributed by atoms with E-state index in [-0.39, 0.29) is 23.7 Å². The first kappa shape index (κ1) is 22.6. The zero-order valence-electron chi connectivity index (χ0n) is 17.2. The predicted molar refractivity (Wildman–Crippen MR) is 110 cm³/mol. The van der Waals surface area contributed by atoms with Crippen molar-refractivity contribution in [3.63, 3.8) is 0 Å². The summed E-state index contributed by atoms with van der Waals surface area (Å²) in [5.41, 5.74) is 7.69. The molecule has 1 aliphatic carbocycles. The fourth-order valence-electron chi connectivity index (χ4n) is 3.88. The molecular weight excluding hydrogens is 372 g/mol. The van der Waals surface area contributed by atoms with Gasteiger partial charge in [0.05, 0.1) is 0 Å². The van der Waals surface area contributed by atoms with Crippen LogP contribution < -0.4 is 16.4 Å². The van der Waals surface area contributed by atoms with Gasteiger partial charge in [0.15, 0.2) is 0 Å². The fourth-order valence-corrected chi connectivity index (χ4v) is 3.88. The van der Waals surface area contributed by atoms with Crippen LogP contribution >= 0.6 is 0 Å². The van der Waals surface area contributed by atoms with Crippen LogP contribution in [0.15, 0.2) is 12.1 Å². The first-order valence-corrected chi connectivity index (χ1v) is 10.3. The number of hydrogen-bond donors (Lipinski definition) is 4. The van der Waals surface area contributed by atoms with Crippen molar-refractivity contribution in [1.29, 1.82) is 0 Å². The molecule has 5 N–H and O–H groups in total. The van der Waals surface area contributed by atoms with Gasteiger partial charge in [-0.2, -0.15) is 0 Å². The molecule has 0 radical (unpaired) electrons. The van der Waals surface area contributed by atoms with Gasteiger partial charge < -0.3 is 21.5 Å². The number of aromatic nitrogens is 1. The van der Waals surface area contributed by atoms with Gasteiger partial charge in [0.1, 0.15) is 11.9 Å². The van der Waals surface area contributed by atoms with Crippen LogP contribution in [0, 0.1) is 18.8 Å². The highest BCUT2D eigenvalue weighted by Gasteiger charge is 2.32. The van der Waals surface area contributed by atoms with Crippen LogP contribution in [0.25, 0.3) is 0 Å². The lowest BCUT2D eigenvalue weighted by atomic mass is 9.91. The molecule has 1 aromatic rings. The molecule has 1 heterocycles. The number of nitrogen functional groups attached to an aromatic ring is 1. The third-order valence-corrected chi connectivity index (χ3v) is 5.58. The van der Waals surface area contributed by atoms with E-state index in [0.29, 0.717) is 31.6 Å². The van der Waals surface area contributed by atoms with E-state index < -0.39 is 12.0 Å². The molecule has 0 bridgehead atoms. The minimum absolute atomic E-state index is 0.0217. The Hall–Kier alpha value is -2.64. The number of carbonyl (C=O) groups excluding carboxylic acids is 2. The number of nitrogens with zero attached hydrogens (tertiary/aromatic N) is 1. The van der Waals surface area contributed by atoms with Crippen LogP contribution in [0.4, 0.5) is 5.82 Å². The lowest BCUT2D eigenvalue weighted by Gasteiger charge is -2.23. The number of nitrogens with one attached hydrogen (secondary N) is 2. The highest BCUT2D eigenvalue weighted by Crippen LogP contribution is 2.29. The van der Waals surface area contributed by atoms with Gasteiger partial charge in [-0.25, -0.2) is 9.78 Å². The van der Waals surface area contributed by atoms with Crippen LogP contribution in [0.3, 0.4) is 0 Å². The number of hydrogen-bond acceptors (Lipinski definition) is 5. The fraction of sp³-hybridized carbons (Fsp3) is 0.619. The predicted octanol–water partition coefficient (Wildman–Crippen LogP) is 1.81. The van der Waals surface area contributed by atoms with Crippen LogP contribution in [0.2, 0.25) is 0 Å². The van der Waals surface area contributed by atoms with Crippen molar-refractivity contribution in [2.75, 3.05) is 12.3 Å². The third-order valence-electron chi connectivity index (χ3n) is 5.58. The van der Waals surface area contributed by atoms with Crippen molar-refractivity contribution in [3.05, 3.63) is 23.4 Å². The topological polar surface area (TPSA) is 134 Å². The van der Waals surface area contributed by atoms with Crippen molar-refractivity contribution < 1.29 is 19.5 Å². The smallest absolute Gasteiger partial charge is 0.326 e. The average molecular weight is 405 g/mol. The van der Waals surface area contributed by atoms with E-state index in [9.17, 15) is 19.5 Å². The molecule has 0 aromatic carbocycles. The van der Waals surface area contributed by atoms with Crippen molar-refractivity contribution in [1.82, 2.24) is 15.6 Å². The molecule has 8 heteroatoms. The van der Waals surface area contributed by atoms with Gasteiger partial charge >= 0.3 is 5.97 Å². The highest BCUT2D eigenvalue weighted by atomic mass is 16.4. The minimum Gasteiger partial charge on any atom is -0.480 e. The molecule has 160 valence electrons. The van der Waals surface area contributed by atoms with Gasteiger partial charge in [-0.05, 0) is 63.0 Å². The Labute approximate surface area is 171 Å². The van der Waals surface area contributed by atoms with Crippen molar-refractivity contribution in [2.45, 2.75) is 64.8 Å². The number of anilines is 1. The number of amides is 2. The number of pyridine rings is 1. The average Bonchev–Trinajstić information content (AvgIpc) is 2.91. The second kappa shape index (κ2) is 10.8. The first-order chi connectivity index (χ1) is 13.8. The van der Waals surface area contributed by atoms with Crippen molar-refractivity contribution >= 4 is 23.6 Å². The summed E-state index contributed by atoms with van der Waals surface area (Å²) >= 11 is 0. The molecule has 2 rings (SSSR count). The van der Waals surface area contributed by atoms with Crippen molar-refractivity contribution in [3.8, 4) is 0 Å². The summed E-state index contributed by atoms with van der Waals surface area (Å²) in [6.07, 6.45) is 4.98. The Morgan fingerprint density at radius 2 is 2.00 bits per heavy atom. The summed E-state index contributed by atoms with van der Waals surface area (Å²) in [5.74, 6) is -1.06. The largest absolute Gasteiger partial charge is 0.480 e. The summed E-state index contributed by atoms with van der Waals surface area (Å²) in [7, 11) is 0. The number of aliphatic carboxylic acids is 1. The second-order valence-electron chi connectivity index (χ2n) is 7.88. The molecule has 1 aromatic heterocycles. The number of carboxylic acids is 1. The molecule has 1 unspecified atom stereocenters. The lowest BCUT2D eigenvalue weighted by molar-refractivity contribution is -0.143. The zero-order valence-corrected chi connectivity index (χ0v) is 17.2. The molecule has 0 spiro atoms. The van der Waals surface area contributed by atoms with Crippen molar-refractivity contribution in [2.24, 2.45) is 11.8 Å². The maximum absolute atomic E-state index is 12.5. The van der Waals surface area contributed by atoms with E-state index in [4.69, 9.17) is 5.73 Å². The van der Waals surface area contributed by atoms with Gasteiger partial charge in [0.2, 0.25) is 11.8 Å². The molecule has 8 nitrogen and oxygen atoms in total. The van der Waals surface area contributed by atoms with Crippen LogP contribution in [0.5, 0.6) is 0 Å². The summed E-state index contributed by atoms with van der Waals surface area (Å²) in [6, 6.07) is 3.01. The lowest BCUT2D eigenvalue weighted by Crippen LogP contribution is -2.45. The van der Waals surface area contributed by atoms with E-state index in [1.807, 2.05) is 19.1 Å². The Morgan fingerprint density at radius 3 is 2.66 bits per heavy atom. The summed E-state index contributed by atoms with van der Waals surface area (Å²) in [5, 5.41) is 14.9. The van der Waals surface area contributed by atoms with Gasteiger partial charge in [0.25, 0.3) is 0 Å². The Balaban J connectivity index is 1.77. The van der Waals surface area contributed by atoms with Gasteiger partial charge in [-0.1, -0.05) is 12.5 Å². The van der Waals surface area contributed by atoms with E-state index >= 15 is 0 Å². The Kier molecular flexibility index (Phi) is 8.42. The number of carboxylic acid groups (broad SMARTS) is 1. The monoisotopic (exact) mass is 404 g/mol. The van der Waals surface area contributed by atoms with Crippen LogP contribution in [0.1, 0.15) is 56.7 Å². The summed E-state index contributed by atoms with van der Waals surface area (Å²) in [4.78, 5) is 39.6. The molecule has 3 atom stereocenters. The molecular formula is C21H32N4O4. The molecule has 29 heavy (non-hydrogen) atoms. The summed E-state index contributed by atoms with van der Waals surface area (Å²) < 4.78 is 0. The molecule has 1 aliphatic rings. The Bertz CT molecular complexity index is 737. The van der Waals surface area contributed by atoms with E-state index in [1.54, 1.807) is 0 Å². The van der Waals surface area contributed by atoms with Gasteiger partial charge in [-0.3, -0.25) is 9.59 Å². The van der Waals surface area contributed by atoms with Gasteiger partial charge in [0, 0.05) is 25.1 Å². The SMILES string of the molecule is CC(=O)NC(C(=O)O)[C@@H]1CCC[C@H](C(=O)NCCCc2ccc(C)c(N)n2)CC1. The molecule has 1 saturated carbocycles. The highest BCUT2D eigenvalue weighted by molar-refractivity contribution is 5.82. The summed E-state index contributed by atoms with van der Waals surface area (Å²) in [6.45, 7) is 3.81. The number of aryl methyl sites for hydroxylation is 2. The van der Waals surface area contributed by atoms with Gasteiger partial charge in [-0.15, -0.1) is 0 Å². The maximum atomic E-state index is 12.5. The van der Waals surface area contributed by atoms with E-state index in [1.165, 1.54) is 6.92 Å². The van der Waals surface area contributed by atoms with E-state index in [0.717, 1.165) is 36.9 Å². The second-order valence-corrected chi connectivity index (χ2v) is 7.88. The Morgan fingerprint density at radius 1 is 1.24 bits per heavy atom. The molecule has 0 aliphatic heterocycles. The minimum atomic E-state index is -1.02. The number of rotatable bonds is 8. The molecule has 0 saturated heterocycles. The third kappa shape index (κ3) is 7.03. The quantitative estimate of drug-likeness (QED) is 0.385.